The number of ether oxygens (including phenoxy) is 1. The number of amides is 1. The van der Waals surface area contributed by atoms with Crippen LogP contribution in [0.3, 0.4) is 0 Å². The van der Waals surface area contributed by atoms with E-state index in [0.29, 0.717) is 26.2 Å². The van der Waals surface area contributed by atoms with Gasteiger partial charge in [0.05, 0.1) is 12.0 Å². The van der Waals surface area contributed by atoms with Crippen LogP contribution < -0.4 is 0 Å². The van der Waals surface area contributed by atoms with Crippen molar-refractivity contribution in [2.45, 2.75) is 38.3 Å². The largest absolute Gasteiger partial charge is 0.481 e. The number of nitrogens with zero attached hydrogens (tertiary/aromatic N) is 2. The Hall–Kier alpha value is -1.82. The van der Waals surface area contributed by atoms with Gasteiger partial charge in [0.2, 0.25) is 0 Å². The molecule has 0 bridgehead atoms. The van der Waals surface area contributed by atoms with Crippen molar-refractivity contribution in [3.8, 4) is 0 Å². The zero-order valence-electron chi connectivity index (χ0n) is 13.7. The summed E-state index contributed by atoms with van der Waals surface area (Å²) in [7, 11) is 0. The van der Waals surface area contributed by atoms with Crippen LogP contribution in [0.1, 0.15) is 27.2 Å². The molecule has 0 aromatic carbocycles. The van der Waals surface area contributed by atoms with Gasteiger partial charge < -0.3 is 14.7 Å². The highest BCUT2D eigenvalue weighted by Crippen LogP contribution is 2.32. The average molecular weight is 310 g/mol. The maximum Gasteiger partial charge on any atom is 0.410 e. The fourth-order valence-electron chi connectivity index (χ4n) is 2.60. The first kappa shape index (κ1) is 18.2. The standard InChI is InChI=1S/C16H26N2O4/c1-6-8-18(9-7-2)16(10-13(19)20)11-17(12-16)14(21)22-15(3,4)5/h6-7H,1-2,8-12H2,3-5H3,(H,19,20). The molecule has 1 heterocycles. The minimum absolute atomic E-state index is 0.0338. The van der Waals surface area contributed by atoms with Crippen molar-refractivity contribution in [3.63, 3.8) is 0 Å². The zero-order valence-corrected chi connectivity index (χ0v) is 13.7. The molecule has 0 unspecified atom stereocenters. The predicted molar refractivity (Wildman–Crippen MR) is 84.8 cm³/mol. The van der Waals surface area contributed by atoms with Gasteiger partial charge in [-0.05, 0) is 20.8 Å². The van der Waals surface area contributed by atoms with Crippen LogP contribution in [0.4, 0.5) is 4.79 Å². The maximum absolute atomic E-state index is 12.1. The van der Waals surface area contributed by atoms with Crippen LogP contribution in [0.15, 0.2) is 25.3 Å². The number of rotatable bonds is 7. The van der Waals surface area contributed by atoms with Crippen LogP contribution in [0.5, 0.6) is 0 Å². The van der Waals surface area contributed by atoms with Crippen molar-refractivity contribution in [1.29, 1.82) is 0 Å². The molecule has 1 rings (SSSR count). The van der Waals surface area contributed by atoms with E-state index in [1.165, 1.54) is 4.90 Å². The van der Waals surface area contributed by atoms with E-state index < -0.39 is 23.2 Å². The Bertz CT molecular complexity index is 438. The van der Waals surface area contributed by atoms with Gasteiger partial charge in [-0.25, -0.2) is 4.79 Å². The molecule has 0 aromatic heterocycles. The van der Waals surface area contributed by atoms with Crippen molar-refractivity contribution in [2.75, 3.05) is 26.2 Å². The van der Waals surface area contributed by atoms with Crippen LogP contribution in [0.2, 0.25) is 0 Å². The second-order valence-corrected chi connectivity index (χ2v) is 6.61. The summed E-state index contributed by atoms with van der Waals surface area (Å²) in [4.78, 5) is 26.8. The van der Waals surface area contributed by atoms with E-state index in [2.05, 4.69) is 13.2 Å². The summed E-state index contributed by atoms with van der Waals surface area (Å²) in [6.45, 7) is 14.6. The topological polar surface area (TPSA) is 70.1 Å². The van der Waals surface area contributed by atoms with E-state index in [-0.39, 0.29) is 6.42 Å². The predicted octanol–water partition coefficient (Wildman–Crippen LogP) is 2.12. The molecule has 1 N–H and O–H groups in total. The molecule has 1 saturated heterocycles. The SMILES string of the molecule is C=CCN(CC=C)C1(CC(=O)O)CN(C(=O)OC(C)(C)C)C1. The first-order valence-corrected chi connectivity index (χ1v) is 7.30. The van der Waals surface area contributed by atoms with Crippen LogP contribution in [0.25, 0.3) is 0 Å². The Labute approximate surface area is 132 Å². The van der Waals surface area contributed by atoms with E-state index >= 15 is 0 Å². The van der Waals surface area contributed by atoms with Gasteiger partial charge in [-0.1, -0.05) is 12.2 Å². The number of carboxylic acid groups (broad SMARTS) is 1. The van der Waals surface area contributed by atoms with Gasteiger partial charge in [0.15, 0.2) is 0 Å². The van der Waals surface area contributed by atoms with Crippen molar-refractivity contribution in [1.82, 2.24) is 9.80 Å². The first-order chi connectivity index (χ1) is 10.1. The molecule has 1 aliphatic heterocycles. The van der Waals surface area contributed by atoms with Crippen LogP contribution in [-0.4, -0.2) is 64.3 Å². The first-order valence-electron chi connectivity index (χ1n) is 7.30. The monoisotopic (exact) mass is 310 g/mol. The Morgan fingerprint density at radius 3 is 2.14 bits per heavy atom. The van der Waals surface area contributed by atoms with Crippen molar-refractivity contribution >= 4 is 12.1 Å². The molecule has 22 heavy (non-hydrogen) atoms. The summed E-state index contributed by atoms with van der Waals surface area (Å²) in [6, 6.07) is 0. The number of likely N-dealkylation sites (tertiary alicyclic amines) is 1. The highest BCUT2D eigenvalue weighted by atomic mass is 16.6. The van der Waals surface area contributed by atoms with Gasteiger partial charge in [-0.15, -0.1) is 13.2 Å². The van der Waals surface area contributed by atoms with Crippen LogP contribution >= 0.6 is 0 Å². The molecule has 0 aliphatic carbocycles. The van der Waals surface area contributed by atoms with Gasteiger partial charge in [-0.2, -0.15) is 0 Å². The fourth-order valence-corrected chi connectivity index (χ4v) is 2.60. The van der Waals surface area contributed by atoms with E-state index in [4.69, 9.17) is 4.74 Å². The third-order valence-electron chi connectivity index (χ3n) is 3.47. The summed E-state index contributed by atoms with van der Waals surface area (Å²) in [5.74, 6) is -0.887. The Kier molecular flexibility index (Phi) is 5.77. The Balaban J connectivity index is 2.81. The van der Waals surface area contributed by atoms with E-state index in [0.717, 1.165) is 0 Å². The molecule has 0 atom stereocenters. The summed E-state index contributed by atoms with van der Waals surface area (Å²) in [6.07, 6.45) is 3.01. The molecule has 6 heteroatoms. The molecule has 0 spiro atoms. The minimum Gasteiger partial charge on any atom is -0.481 e. The van der Waals surface area contributed by atoms with Gasteiger partial charge in [-0.3, -0.25) is 9.69 Å². The van der Waals surface area contributed by atoms with Gasteiger partial charge in [0, 0.05) is 26.2 Å². The summed E-state index contributed by atoms with van der Waals surface area (Å²) >= 11 is 0. The number of carbonyl (C=O) groups is 2. The highest BCUT2D eigenvalue weighted by Gasteiger charge is 2.51. The molecule has 0 radical (unpaired) electrons. The Morgan fingerprint density at radius 1 is 1.27 bits per heavy atom. The smallest absolute Gasteiger partial charge is 0.410 e. The van der Waals surface area contributed by atoms with Crippen molar-refractivity contribution in [2.24, 2.45) is 0 Å². The minimum atomic E-state index is -0.887. The molecule has 0 saturated carbocycles. The van der Waals surface area contributed by atoms with Gasteiger partial charge in [0.25, 0.3) is 0 Å². The summed E-state index contributed by atoms with van der Waals surface area (Å²) < 4.78 is 5.32. The second-order valence-electron chi connectivity index (χ2n) is 6.61. The number of carboxylic acids is 1. The third-order valence-corrected chi connectivity index (χ3v) is 3.47. The molecular weight excluding hydrogens is 284 g/mol. The Morgan fingerprint density at radius 2 is 1.77 bits per heavy atom. The lowest BCUT2D eigenvalue weighted by atomic mass is 9.84. The number of hydrogen-bond acceptors (Lipinski definition) is 4. The van der Waals surface area contributed by atoms with Crippen molar-refractivity contribution in [3.05, 3.63) is 25.3 Å². The second kappa shape index (κ2) is 6.96. The number of hydrogen-bond donors (Lipinski definition) is 1. The molecule has 1 fully saturated rings. The summed E-state index contributed by atoms with van der Waals surface area (Å²) in [5, 5.41) is 9.20. The third kappa shape index (κ3) is 4.59. The maximum atomic E-state index is 12.1. The quantitative estimate of drug-likeness (QED) is 0.729. The lowest BCUT2D eigenvalue weighted by molar-refractivity contribution is -0.145. The van der Waals surface area contributed by atoms with Crippen LogP contribution in [-0.2, 0) is 9.53 Å². The van der Waals surface area contributed by atoms with E-state index in [9.17, 15) is 14.7 Å². The highest BCUT2D eigenvalue weighted by molar-refractivity contribution is 5.73. The lowest BCUT2D eigenvalue weighted by Gasteiger charge is -2.54. The molecule has 124 valence electrons. The van der Waals surface area contributed by atoms with Crippen LogP contribution in [0, 0.1) is 0 Å². The molecular formula is C16H26N2O4. The van der Waals surface area contributed by atoms with Crippen molar-refractivity contribution < 1.29 is 19.4 Å². The zero-order chi connectivity index (χ0) is 17.0. The van der Waals surface area contributed by atoms with Gasteiger partial charge in [0.1, 0.15) is 5.60 Å². The lowest BCUT2D eigenvalue weighted by Crippen LogP contribution is -2.72. The van der Waals surface area contributed by atoms with Gasteiger partial charge >= 0.3 is 12.1 Å². The number of carbonyl (C=O) groups excluding carboxylic acids is 1. The van der Waals surface area contributed by atoms with E-state index in [1.54, 1.807) is 32.9 Å². The molecule has 6 nitrogen and oxygen atoms in total. The molecule has 1 amide bonds. The molecule has 0 aromatic rings. The fraction of sp³-hybridized carbons (Fsp3) is 0.625. The average Bonchev–Trinajstić information content (AvgIpc) is 2.30. The molecule has 1 aliphatic rings. The van der Waals surface area contributed by atoms with E-state index in [1.807, 2.05) is 4.90 Å². The summed E-state index contributed by atoms with van der Waals surface area (Å²) in [5.41, 5.74) is -1.16. The normalized spacial score (nSPS) is 16.8. The number of aliphatic carboxylic acids is 1.